The summed E-state index contributed by atoms with van der Waals surface area (Å²) >= 11 is 0. The number of rotatable bonds is 6. The molecule has 0 amide bonds. The molecule has 0 atom stereocenters. The Kier molecular flexibility index (Phi) is 4.79. The van der Waals surface area contributed by atoms with Crippen LogP contribution in [0, 0.1) is 24.0 Å². The van der Waals surface area contributed by atoms with Crippen molar-refractivity contribution in [2.45, 2.75) is 27.0 Å². The third kappa shape index (κ3) is 3.85. The van der Waals surface area contributed by atoms with Gasteiger partial charge in [-0.3, -0.25) is 14.8 Å². The van der Waals surface area contributed by atoms with E-state index < -0.39 is 0 Å². The number of nitro groups is 1. The molecule has 0 fully saturated rings. The summed E-state index contributed by atoms with van der Waals surface area (Å²) < 4.78 is 7.49. The Morgan fingerprint density at radius 1 is 1.08 bits per heavy atom. The summed E-state index contributed by atoms with van der Waals surface area (Å²) in [5, 5.41) is 15.4. The van der Waals surface area contributed by atoms with E-state index >= 15 is 0 Å². The van der Waals surface area contributed by atoms with Crippen LogP contribution in [0.2, 0.25) is 0 Å². The van der Waals surface area contributed by atoms with Crippen LogP contribution in [0.5, 0.6) is 5.75 Å². The fraction of sp³-hybridized carbons (Fsp3) is 0.211. The molecular weight excluding hydrogens is 318 g/mol. The van der Waals surface area contributed by atoms with Crippen LogP contribution < -0.4 is 4.74 Å². The average Bonchev–Trinajstić information content (AvgIpc) is 2.88. The molecule has 0 bridgehead atoms. The van der Waals surface area contributed by atoms with Gasteiger partial charge in [-0.2, -0.15) is 5.10 Å². The predicted octanol–water partition coefficient (Wildman–Crippen LogP) is 4.04. The first-order chi connectivity index (χ1) is 12.0. The lowest BCUT2D eigenvalue weighted by Gasteiger charge is -2.09. The van der Waals surface area contributed by atoms with E-state index in [2.05, 4.69) is 5.10 Å². The Bertz CT molecular complexity index is 888. The fourth-order valence-corrected chi connectivity index (χ4v) is 2.75. The first kappa shape index (κ1) is 16.7. The highest BCUT2D eigenvalue weighted by molar-refractivity contribution is 5.40. The van der Waals surface area contributed by atoms with Gasteiger partial charge in [0.05, 0.1) is 11.5 Å². The summed E-state index contributed by atoms with van der Waals surface area (Å²) in [5.74, 6) is 0.761. The molecule has 0 N–H and O–H groups in total. The van der Waals surface area contributed by atoms with Crippen LogP contribution in [-0.4, -0.2) is 14.7 Å². The van der Waals surface area contributed by atoms with E-state index in [1.807, 2.05) is 54.6 Å². The number of nitrogens with zero attached hydrogens (tertiary/aromatic N) is 3. The topological polar surface area (TPSA) is 70.2 Å². The summed E-state index contributed by atoms with van der Waals surface area (Å²) in [6.07, 6.45) is 0. The van der Waals surface area contributed by atoms with Gasteiger partial charge in [-0.05, 0) is 37.1 Å². The molecule has 0 aliphatic rings. The van der Waals surface area contributed by atoms with Crippen molar-refractivity contribution in [3.8, 4) is 5.75 Å². The Hall–Kier alpha value is -3.15. The number of aromatic nitrogens is 2. The minimum atomic E-state index is -0.381. The Labute approximate surface area is 145 Å². The van der Waals surface area contributed by atoms with Crippen molar-refractivity contribution < 1.29 is 9.66 Å². The molecule has 1 heterocycles. The molecule has 2 aromatic carbocycles. The molecule has 3 rings (SSSR count). The van der Waals surface area contributed by atoms with Crippen molar-refractivity contribution in [1.29, 1.82) is 0 Å². The summed E-state index contributed by atoms with van der Waals surface area (Å²) in [7, 11) is 0. The second-order valence-electron chi connectivity index (χ2n) is 5.86. The van der Waals surface area contributed by atoms with E-state index in [1.165, 1.54) is 0 Å². The molecule has 0 spiro atoms. The van der Waals surface area contributed by atoms with Gasteiger partial charge in [0.15, 0.2) is 0 Å². The number of benzene rings is 2. The van der Waals surface area contributed by atoms with Crippen molar-refractivity contribution in [2.75, 3.05) is 0 Å². The number of hydrogen-bond acceptors (Lipinski definition) is 4. The number of aryl methyl sites for hydroxylation is 1. The maximum atomic E-state index is 11.1. The quantitative estimate of drug-likeness (QED) is 0.503. The molecule has 6 nitrogen and oxygen atoms in total. The largest absolute Gasteiger partial charge is 0.489 e. The molecule has 0 radical (unpaired) electrons. The predicted molar refractivity (Wildman–Crippen MR) is 94.7 cm³/mol. The second-order valence-corrected chi connectivity index (χ2v) is 5.86. The van der Waals surface area contributed by atoms with Crippen LogP contribution in [0.1, 0.15) is 22.5 Å². The Balaban J connectivity index is 1.74. The smallest absolute Gasteiger partial charge is 0.312 e. The van der Waals surface area contributed by atoms with Gasteiger partial charge in [0.1, 0.15) is 23.7 Å². The van der Waals surface area contributed by atoms with E-state index in [9.17, 15) is 10.1 Å². The van der Waals surface area contributed by atoms with Gasteiger partial charge in [-0.25, -0.2) is 0 Å². The van der Waals surface area contributed by atoms with Crippen molar-refractivity contribution in [3.63, 3.8) is 0 Å². The van der Waals surface area contributed by atoms with Gasteiger partial charge in [0, 0.05) is 0 Å². The molecule has 1 aromatic heterocycles. The zero-order chi connectivity index (χ0) is 17.8. The average molecular weight is 337 g/mol. The van der Waals surface area contributed by atoms with Crippen LogP contribution in [0.3, 0.4) is 0 Å². The van der Waals surface area contributed by atoms with Crippen molar-refractivity contribution in [2.24, 2.45) is 0 Å². The molecule has 3 aromatic rings. The third-order valence-electron chi connectivity index (χ3n) is 4.00. The third-order valence-corrected chi connectivity index (χ3v) is 4.00. The minimum absolute atomic E-state index is 0.0801. The molecule has 0 unspecified atom stereocenters. The summed E-state index contributed by atoms with van der Waals surface area (Å²) in [6.45, 7) is 4.33. The number of ether oxygens (including phenoxy) is 1. The van der Waals surface area contributed by atoms with Gasteiger partial charge in [-0.15, -0.1) is 0 Å². The molecule has 0 saturated heterocycles. The fourth-order valence-electron chi connectivity index (χ4n) is 2.75. The SMILES string of the molecule is Cc1nn(Cc2cccc(OCc3ccccc3)c2)c(C)c1[N+](=O)[O-]. The normalized spacial score (nSPS) is 10.6. The van der Waals surface area contributed by atoms with Crippen LogP contribution in [0.4, 0.5) is 5.69 Å². The van der Waals surface area contributed by atoms with E-state index in [0.29, 0.717) is 24.5 Å². The minimum Gasteiger partial charge on any atom is -0.489 e. The highest BCUT2D eigenvalue weighted by Gasteiger charge is 2.21. The van der Waals surface area contributed by atoms with Gasteiger partial charge in [0.2, 0.25) is 0 Å². The molecule has 128 valence electrons. The highest BCUT2D eigenvalue weighted by Crippen LogP contribution is 2.23. The first-order valence-electron chi connectivity index (χ1n) is 7.98. The molecule has 6 heteroatoms. The summed E-state index contributed by atoms with van der Waals surface area (Å²) in [5.41, 5.74) is 3.14. The van der Waals surface area contributed by atoms with Crippen molar-refractivity contribution in [3.05, 3.63) is 87.2 Å². The summed E-state index contributed by atoms with van der Waals surface area (Å²) in [4.78, 5) is 10.7. The van der Waals surface area contributed by atoms with E-state index in [0.717, 1.165) is 16.9 Å². The second kappa shape index (κ2) is 7.17. The maximum absolute atomic E-state index is 11.1. The molecule has 0 aliphatic heterocycles. The van der Waals surface area contributed by atoms with Gasteiger partial charge >= 0.3 is 5.69 Å². The molecule has 0 aliphatic carbocycles. The van der Waals surface area contributed by atoms with E-state index in [4.69, 9.17) is 4.74 Å². The lowest BCUT2D eigenvalue weighted by molar-refractivity contribution is -0.386. The lowest BCUT2D eigenvalue weighted by Crippen LogP contribution is -2.05. The molecule has 25 heavy (non-hydrogen) atoms. The maximum Gasteiger partial charge on any atom is 0.312 e. The molecule has 0 saturated carbocycles. The zero-order valence-corrected chi connectivity index (χ0v) is 14.2. The monoisotopic (exact) mass is 337 g/mol. The zero-order valence-electron chi connectivity index (χ0n) is 14.2. The van der Waals surface area contributed by atoms with Crippen LogP contribution in [0.25, 0.3) is 0 Å². The number of hydrogen-bond donors (Lipinski definition) is 0. The van der Waals surface area contributed by atoms with E-state index in [-0.39, 0.29) is 10.6 Å². The van der Waals surface area contributed by atoms with Crippen molar-refractivity contribution >= 4 is 5.69 Å². The first-order valence-corrected chi connectivity index (χ1v) is 7.98. The van der Waals surface area contributed by atoms with Crippen molar-refractivity contribution in [1.82, 2.24) is 9.78 Å². The summed E-state index contributed by atoms with van der Waals surface area (Å²) in [6, 6.07) is 17.7. The van der Waals surface area contributed by atoms with E-state index in [1.54, 1.807) is 18.5 Å². The van der Waals surface area contributed by atoms with Gasteiger partial charge in [-0.1, -0.05) is 42.5 Å². The molecular formula is C19H19N3O3. The Morgan fingerprint density at radius 3 is 2.48 bits per heavy atom. The standard InChI is InChI=1S/C19H19N3O3/c1-14-19(22(23)24)15(2)21(20-14)12-17-9-6-10-18(11-17)25-13-16-7-4-3-5-8-16/h3-11H,12-13H2,1-2H3. The Morgan fingerprint density at radius 2 is 1.80 bits per heavy atom. The highest BCUT2D eigenvalue weighted by atomic mass is 16.6. The van der Waals surface area contributed by atoms with Crippen LogP contribution >= 0.6 is 0 Å². The lowest BCUT2D eigenvalue weighted by atomic mass is 10.2. The van der Waals surface area contributed by atoms with Gasteiger partial charge in [0.25, 0.3) is 0 Å². The van der Waals surface area contributed by atoms with Crippen LogP contribution in [0.15, 0.2) is 54.6 Å². The van der Waals surface area contributed by atoms with Crippen LogP contribution in [-0.2, 0) is 13.2 Å². The van der Waals surface area contributed by atoms with Gasteiger partial charge < -0.3 is 4.74 Å².